The Morgan fingerprint density at radius 1 is 0.481 bits per heavy atom. The normalized spacial score (nSPS) is 21.0. The molecule has 324 valence electrons. The lowest BCUT2D eigenvalue weighted by Gasteiger charge is -2.40. The summed E-state index contributed by atoms with van der Waals surface area (Å²) in [4.78, 5) is 0. The first-order valence-corrected chi connectivity index (χ1v) is 25.9. The average molecular weight is 813 g/mol. The van der Waals surface area contributed by atoms with Crippen LogP contribution < -0.4 is 0 Å². The summed E-state index contributed by atoms with van der Waals surface area (Å²) in [6.45, 7) is 3.51. The third-order valence-electron chi connectivity index (χ3n) is 10.9. The van der Waals surface area contributed by atoms with Crippen LogP contribution >= 0.6 is 0 Å². The predicted molar refractivity (Wildman–Crippen MR) is 221 cm³/mol. The summed E-state index contributed by atoms with van der Waals surface area (Å²) in [5, 5.41) is 40.2. The molecule has 0 aromatic rings. The molecule has 4 N–H and O–H groups in total. The summed E-state index contributed by atoms with van der Waals surface area (Å²) in [6.07, 6.45) is 25.1. The Kier molecular flexibility index (Phi) is 31.2. The highest BCUT2D eigenvalue weighted by Gasteiger charge is 2.44. The molecule has 1 saturated heterocycles. The van der Waals surface area contributed by atoms with Crippen LogP contribution in [0.4, 0.5) is 0 Å². The molecular weight excluding hydrogens is 729 g/mol. The van der Waals surface area contributed by atoms with Gasteiger partial charge in [-0.3, -0.25) is 0 Å². The van der Waals surface area contributed by atoms with Crippen LogP contribution in [0.1, 0.15) is 194 Å². The third kappa shape index (κ3) is 26.6. The zero-order valence-corrected chi connectivity index (χ0v) is 36.2. The molecule has 0 bridgehead atoms. The third-order valence-corrected chi connectivity index (χ3v) is 14.7. The topological polar surface area (TPSA) is 168 Å². The summed E-state index contributed by atoms with van der Waals surface area (Å²) < 4.78 is 64.0. The van der Waals surface area contributed by atoms with Crippen LogP contribution in [-0.4, -0.2) is 104 Å². The van der Waals surface area contributed by atoms with Crippen LogP contribution in [0.3, 0.4) is 0 Å². The Balaban J connectivity index is 2.49. The molecule has 5 atom stereocenters. The van der Waals surface area contributed by atoms with Crippen molar-refractivity contribution >= 4 is 19.7 Å². The number of rotatable bonds is 38. The van der Waals surface area contributed by atoms with E-state index < -0.39 is 62.9 Å². The number of aliphatic hydroxyl groups excluding tert-OH is 4. The summed E-state index contributed by atoms with van der Waals surface area (Å²) in [5.74, 6) is -1.70. The van der Waals surface area contributed by atoms with Gasteiger partial charge >= 0.3 is 0 Å². The molecular formula is C42H84O10S2. The zero-order valence-electron chi connectivity index (χ0n) is 34.6. The molecule has 1 rings (SSSR count). The van der Waals surface area contributed by atoms with Gasteiger partial charge in [-0.15, -0.1) is 0 Å². The van der Waals surface area contributed by atoms with Gasteiger partial charge < -0.3 is 29.9 Å². The van der Waals surface area contributed by atoms with Gasteiger partial charge in [0.05, 0.1) is 36.2 Å². The molecule has 12 heteroatoms. The molecule has 54 heavy (non-hydrogen) atoms. The first-order chi connectivity index (χ1) is 26.0. The van der Waals surface area contributed by atoms with E-state index in [-0.39, 0.29) is 29.6 Å². The van der Waals surface area contributed by atoms with Crippen molar-refractivity contribution < 1.29 is 46.7 Å². The number of unbranched alkanes of at least 4 members (excludes halogenated alkanes) is 26. The second-order valence-electron chi connectivity index (χ2n) is 16.3. The van der Waals surface area contributed by atoms with Gasteiger partial charge in [-0.2, -0.15) is 0 Å². The van der Waals surface area contributed by atoms with E-state index in [2.05, 4.69) is 13.8 Å². The monoisotopic (exact) mass is 813 g/mol. The van der Waals surface area contributed by atoms with E-state index in [1.54, 1.807) is 0 Å². The first-order valence-electron chi connectivity index (χ1n) is 22.3. The standard InChI is InChI=1S/C42H84O10S2/c1-3-5-7-9-11-13-15-17-19-21-23-25-27-29-31-53(47,48)35-37(34-51-42-41(46)40(45)39(44)38(33-43)52-42)36-54(49,50)32-30-28-26-24-22-20-18-16-14-12-10-8-6-4-2/h37-46H,3-36H2,1-2H3/t38-,39+,40+,41-,42-/m1/s1. The SMILES string of the molecule is CCCCCCCCCCCCCCCCS(=O)(=O)CC(CO[C@@H]1O[C@H](CO)[C@H](O)[C@H](O)[C@H]1O)CS(=O)(=O)CCCCCCCCCCCCCCCC. The van der Waals surface area contributed by atoms with Gasteiger partial charge in [0.1, 0.15) is 24.4 Å². The fraction of sp³-hybridized carbons (Fsp3) is 1.00. The highest BCUT2D eigenvalue weighted by atomic mass is 32.2. The Hall–Kier alpha value is -0.340. The quantitative estimate of drug-likeness (QED) is 0.0446. The highest BCUT2D eigenvalue weighted by molar-refractivity contribution is 7.92. The fourth-order valence-corrected chi connectivity index (χ4v) is 11.1. The molecule has 0 aromatic heterocycles. The van der Waals surface area contributed by atoms with Crippen molar-refractivity contribution in [1.29, 1.82) is 0 Å². The van der Waals surface area contributed by atoms with Crippen molar-refractivity contribution in [2.24, 2.45) is 5.92 Å². The Labute approximate surface area is 331 Å². The van der Waals surface area contributed by atoms with E-state index in [9.17, 15) is 37.3 Å². The molecule has 0 radical (unpaired) electrons. The minimum Gasteiger partial charge on any atom is -0.394 e. The number of ether oxygens (including phenoxy) is 2. The van der Waals surface area contributed by atoms with Gasteiger partial charge in [-0.05, 0) is 12.8 Å². The molecule has 0 saturated carbocycles. The molecule has 1 aliphatic rings. The Morgan fingerprint density at radius 2 is 0.796 bits per heavy atom. The van der Waals surface area contributed by atoms with E-state index >= 15 is 0 Å². The Bertz CT molecular complexity index is 1000. The van der Waals surface area contributed by atoms with Crippen LogP contribution in [0.25, 0.3) is 0 Å². The second-order valence-corrected chi connectivity index (χ2v) is 20.8. The largest absolute Gasteiger partial charge is 0.394 e. The van der Waals surface area contributed by atoms with Gasteiger partial charge in [0.15, 0.2) is 26.0 Å². The van der Waals surface area contributed by atoms with E-state index in [0.29, 0.717) is 12.8 Å². The van der Waals surface area contributed by atoms with Gasteiger partial charge in [-0.1, -0.05) is 181 Å². The maximum absolute atomic E-state index is 13.2. The maximum atomic E-state index is 13.2. The van der Waals surface area contributed by atoms with Crippen molar-refractivity contribution in [2.75, 3.05) is 36.2 Å². The number of aliphatic hydroxyl groups is 4. The smallest absolute Gasteiger partial charge is 0.186 e. The van der Waals surface area contributed by atoms with E-state index in [0.717, 1.165) is 51.4 Å². The molecule has 0 aromatic carbocycles. The van der Waals surface area contributed by atoms with E-state index in [1.807, 2.05) is 0 Å². The summed E-state index contributed by atoms with van der Waals surface area (Å²) in [6, 6.07) is 0. The van der Waals surface area contributed by atoms with Crippen molar-refractivity contribution in [2.45, 2.75) is 224 Å². The van der Waals surface area contributed by atoms with Crippen LogP contribution in [0.2, 0.25) is 0 Å². The molecule has 10 nitrogen and oxygen atoms in total. The van der Waals surface area contributed by atoms with Crippen LogP contribution in [0.15, 0.2) is 0 Å². The summed E-state index contributed by atoms with van der Waals surface area (Å²) in [7, 11) is -7.20. The molecule has 0 amide bonds. The average Bonchev–Trinajstić information content (AvgIpc) is 3.13. The number of hydrogen-bond acceptors (Lipinski definition) is 10. The highest BCUT2D eigenvalue weighted by Crippen LogP contribution is 2.24. The van der Waals surface area contributed by atoms with Crippen molar-refractivity contribution in [1.82, 2.24) is 0 Å². The van der Waals surface area contributed by atoms with Crippen LogP contribution in [0, 0.1) is 5.92 Å². The van der Waals surface area contributed by atoms with Crippen molar-refractivity contribution in [3.63, 3.8) is 0 Å². The molecule has 0 aliphatic carbocycles. The second kappa shape index (κ2) is 32.6. The number of sulfone groups is 2. The maximum Gasteiger partial charge on any atom is 0.186 e. The lowest BCUT2D eigenvalue weighted by atomic mass is 9.99. The van der Waals surface area contributed by atoms with Gasteiger partial charge in [0.25, 0.3) is 0 Å². The van der Waals surface area contributed by atoms with Crippen LogP contribution in [-0.2, 0) is 29.1 Å². The zero-order chi connectivity index (χ0) is 39.9. The fourth-order valence-electron chi connectivity index (χ4n) is 7.50. The lowest BCUT2D eigenvalue weighted by molar-refractivity contribution is -0.302. The minimum absolute atomic E-state index is 0.0272. The molecule has 1 heterocycles. The van der Waals surface area contributed by atoms with Crippen molar-refractivity contribution in [3.05, 3.63) is 0 Å². The number of hydrogen-bond donors (Lipinski definition) is 4. The van der Waals surface area contributed by atoms with E-state index in [1.165, 1.54) is 116 Å². The summed E-state index contributed by atoms with van der Waals surface area (Å²) in [5.41, 5.74) is 0. The first kappa shape index (κ1) is 51.7. The van der Waals surface area contributed by atoms with E-state index in [4.69, 9.17) is 9.47 Å². The molecule has 1 aliphatic heterocycles. The Morgan fingerprint density at radius 3 is 1.11 bits per heavy atom. The van der Waals surface area contributed by atoms with Gasteiger partial charge in [-0.25, -0.2) is 16.8 Å². The minimum atomic E-state index is -3.60. The molecule has 1 fully saturated rings. The van der Waals surface area contributed by atoms with Crippen LogP contribution in [0.5, 0.6) is 0 Å². The van der Waals surface area contributed by atoms with Gasteiger partial charge in [0, 0.05) is 5.92 Å². The van der Waals surface area contributed by atoms with Crippen molar-refractivity contribution in [3.8, 4) is 0 Å². The predicted octanol–water partition coefficient (Wildman–Crippen LogP) is 8.21. The molecule has 0 spiro atoms. The summed E-state index contributed by atoms with van der Waals surface area (Å²) >= 11 is 0. The lowest BCUT2D eigenvalue weighted by Crippen LogP contribution is -2.59. The van der Waals surface area contributed by atoms with Gasteiger partial charge in [0.2, 0.25) is 0 Å². The molecule has 0 unspecified atom stereocenters.